The molecule has 146 valence electrons. The van der Waals surface area contributed by atoms with Gasteiger partial charge >= 0.3 is 0 Å². The monoisotopic (exact) mass is 338 g/mol. The molecule has 0 nitrogen and oxygen atoms in total. The summed E-state index contributed by atoms with van der Waals surface area (Å²) < 4.78 is 0. The first kappa shape index (κ1) is 24.0. The predicted molar refractivity (Wildman–Crippen MR) is 113 cm³/mol. The van der Waals surface area contributed by atoms with Gasteiger partial charge in [-0.1, -0.05) is 144 Å². The molecule has 0 aliphatic heterocycles. The molecule has 0 N–H and O–H groups in total. The maximum absolute atomic E-state index is 2.42. The summed E-state index contributed by atoms with van der Waals surface area (Å²) in [5.74, 6) is 0.865. The van der Waals surface area contributed by atoms with Crippen molar-refractivity contribution in [2.75, 3.05) is 0 Å². The van der Waals surface area contributed by atoms with Gasteiger partial charge in [-0.15, -0.1) is 0 Å². The molecule has 1 atom stereocenters. The highest BCUT2D eigenvalue weighted by Gasteiger charge is 2.18. The first-order chi connectivity index (χ1) is 11.5. The van der Waals surface area contributed by atoms with Gasteiger partial charge in [-0.2, -0.15) is 0 Å². The van der Waals surface area contributed by atoms with Crippen molar-refractivity contribution in [3.63, 3.8) is 0 Å². The highest BCUT2D eigenvalue weighted by Crippen LogP contribution is 2.29. The summed E-state index contributed by atoms with van der Waals surface area (Å²) in [7, 11) is 0. The maximum atomic E-state index is 2.42. The largest absolute Gasteiger partial charge is 0.0654 e. The summed E-state index contributed by atoms with van der Waals surface area (Å²) in [5, 5.41) is 0. The molecule has 0 amide bonds. The van der Waals surface area contributed by atoms with E-state index < -0.39 is 0 Å². The second kappa shape index (κ2) is 16.5. The van der Waals surface area contributed by atoms with Crippen molar-refractivity contribution in [2.24, 2.45) is 11.3 Å². The Morgan fingerprint density at radius 2 is 0.792 bits per heavy atom. The summed E-state index contributed by atoms with van der Waals surface area (Å²) in [6, 6.07) is 0. The minimum Gasteiger partial charge on any atom is -0.0654 e. The maximum Gasteiger partial charge on any atom is -0.0357 e. The third kappa shape index (κ3) is 16.8. The lowest BCUT2D eigenvalue weighted by atomic mass is 9.79. The standard InChI is InChI=1S/C24H50/c1-6-7-8-9-10-11-12-13-14-15-16-17-18-19-20-21-22-23(2)24(3,4)5/h23H,6-22H2,1-5H3. The zero-order chi connectivity index (χ0) is 18.1. The van der Waals surface area contributed by atoms with Gasteiger partial charge in [0.2, 0.25) is 0 Å². The summed E-state index contributed by atoms with van der Waals surface area (Å²) in [5.41, 5.74) is 0.496. The van der Waals surface area contributed by atoms with Crippen molar-refractivity contribution < 1.29 is 0 Å². The molecule has 0 fully saturated rings. The van der Waals surface area contributed by atoms with Crippen LogP contribution in [0, 0.1) is 11.3 Å². The van der Waals surface area contributed by atoms with Crippen molar-refractivity contribution in [1.82, 2.24) is 0 Å². The van der Waals surface area contributed by atoms with Gasteiger partial charge < -0.3 is 0 Å². The van der Waals surface area contributed by atoms with Gasteiger partial charge in [0.1, 0.15) is 0 Å². The summed E-state index contributed by atoms with van der Waals surface area (Å²) in [4.78, 5) is 0. The average molecular weight is 339 g/mol. The zero-order valence-corrected chi connectivity index (χ0v) is 18.1. The Morgan fingerprint density at radius 3 is 1.08 bits per heavy atom. The predicted octanol–water partition coefficient (Wildman–Crippen LogP) is 9.32. The minimum absolute atomic E-state index is 0.496. The van der Waals surface area contributed by atoms with Crippen molar-refractivity contribution in [3.8, 4) is 0 Å². The molecule has 0 radical (unpaired) electrons. The molecule has 0 saturated heterocycles. The van der Waals surface area contributed by atoms with Crippen LogP contribution in [0.2, 0.25) is 0 Å². The molecule has 0 aromatic rings. The van der Waals surface area contributed by atoms with E-state index in [-0.39, 0.29) is 0 Å². The molecular weight excluding hydrogens is 288 g/mol. The quantitative estimate of drug-likeness (QED) is 0.232. The van der Waals surface area contributed by atoms with Crippen LogP contribution in [0.5, 0.6) is 0 Å². The molecule has 0 aromatic heterocycles. The Morgan fingerprint density at radius 1 is 0.500 bits per heavy atom. The third-order valence-corrected chi connectivity index (χ3v) is 5.97. The van der Waals surface area contributed by atoms with Gasteiger partial charge in [-0.3, -0.25) is 0 Å². The van der Waals surface area contributed by atoms with E-state index in [0.717, 1.165) is 5.92 Å². The number of hydrogen-bond acceptors (Lipinski definition) is 0. The second-order valence-corrected chi connectivity index (χ2v) is 9.36. The Labute approximate surface area is 155 Å². The smallest absolute Gasteiger partial charge is 0.0357 e. The van der Waals surface area contributed by atoms with Crippen molar-refractivity contribution >= 4 is 0 Å². The van der Waals surface area contributed by atoms with Crippen LogP contribution in [-0.2, 0) is 0 Å². The van der Waals surface area contributed by atoms with Gasteiger partial charge in [0.05, 0.1) is 0 Å². The Kier molecular flexibility index (Phi) is 16.5. The fourth-order valence-corrected chi connectivity index (χ4v) is 3.43. The van der Waals surface area contributed by atoms with E-state index in [0.29, 0.717) is 5.41 Å². The normalized spacial score (nSPS) is 13.4. The Hall–Kier alpha value is 0. The van der Waals surface area contributed by atoms with E-state index in [4.69, 9.17) is 0 Å². The van der Waals surface area contributed by atoms with Gasteiger partial charge in [0.15, 0.2) is 0 Å². The van der Waals surface area contributed by atoms with Gasteiger partial charge in [0.25, 0.3) is 0 Å². The lowest BCUT2D eigenvalue weighted by molar-refractivity contribution is 0.240. The van der Waals surface area contributed by atoms with E-state index >= 15 is 0 Å². The molecule has 24 heavy (non-hydrogen) atoms. The van der Waals surface area contributed by atoms with Crippen LogP contribution in [-0.4, -0.2) is 0 Å². The lowest BCUT2D eigenvalue weighted by Gasteiger charge is -2.27. The molecule has 0 aromatic carbocycles. The fraction of sp³-hybridized carbons (Fsp3) is 1.00. The van der Waals surface area contributed by atoms with Crippen LogP contribution < -0.4 is 0 Å². The first-order valence-corrected chi connectivity index (χ1v) is 11.5. The van der Waals surface area contributed by atoms with Crippen LogP contribution in [0.3, 0.4) is 0 Å². The first-order valence-electron chi connectivity index (χ1n) is 11.5. The average Bonchev–Trinajstić information content (AvgIpc) is 2.53. The number of hydrogen-bond donors (Lipinski definition) is 0. The lowest BCUT2D eigenvalue weighted by Crippen LogP contribution is -2.16. The molecule has 0 heteroatoms. The van der Waals surface area contributed by atoms with Crippen molar-refractivity contribution in [1.29, 1.82) is 0 Å². The van der Waals surface area contributed by atoms with Crippen molar-refractivity contribution in [3.05, 3.63) is 0 Å². The van der Waals surface area contributed by atoms with Crippen LogP contribution >= 0.6 is 0 Å². The van der Waals surface area contributed by atoms with Crippen LogP contribution in [0.4, 0.5) is 0 Å². The SMILES string of the molecule is CCCCCCCCCCCCCCCCCCC(C)C(C)(C)C. The van der Waals surface area contributed by atoms with E-state index in [9.17, 15) is 0 Å². The molecule has 0 aliphatic rings. The van der Waals surface area contributed by atoms with Crippen LogP contribution in [0.25, 0.3) is 0 Å². The number of unbranched alkanes of at least 4 members (excludes halogenated alkanes) is 15. The third-order valence-electron chi connectivity index (χ3n) is 5.97. The molecule has 0 saturated carbocycles. The summed E-state index contributed by atoms with van der Waals surface area (Å²) in [6.07, 6.45) is 24.9. The van der Waals surface area contributed by atoms with Gasteiger partial charge in [0, 0.05) is 0 Å². The van der Waals surface area contributed by atoms with Crippen LogP contribution in [0.15, 0.2) is 0 Å². The number of rotatable bonds is 17. The van der Waals surface area contributed by atoms with E-state index in [2.05, 4.69) is 34.6 Å². The highest BCUT2D eigenvalue weighted by atomic mass is 14.2. The Balaban J connectivity index is 3.10. The van der Waals surface area contributed by atoms with E-state index in [1.165, 1.54) is 109 Å². The fourth-order valence-electron chi connectivity index (χ4n) is 3.43. The molecule has 0 heterocycles. The molecule has 0 spiro atoms. The van der Waals surface area contributed by atoms with Crippen molar-refractivity contribution in [2.45, 2.75) is 144 Å². The molecule has 0 rings (SSSR count). The highest BCUT2D eigenvalue weighted by molar-refractivity contribution is 4.69. The minimum atomic E-state index is 0.496. The summed E-state index contributed by atoms with van der Waals surface area (Å²) in [6.45, 7) is 11.9. The van der Waals surface area contributed by atoms with Crippen LogP contribution in [0.1, 0.15) is 144 Å². The molecule has 0 aliphatic carbocycles. The van der Waals surface area contributed by atoms with Gasteiger partial charge in [-0.25, -0.2) is 0 Å². The second-order valence-electron chi connectivity index (χ2n) is 9.36. The Bertz CT molecular complexity index is 235. The molecular formula is C24H50. The topological polar surface area (TPSA) is 0 Å². The molecule has 0 bridgehead atoms. The van der Waals surface area contributed by atoms with E-state index in [1.54, 1.807) is 0 Å². The molecule has 1 unspecified atom stereocenters. The van der Waals surface area contributed by atoms with Gasteiger partial charge in [-0.05, 0) is 11.3 Å². The van der Waals surface area contributed by atoms with E-state index in [1.807, 2.05) is 0 Å². The summed E-state index contributed by atoms with van der Waals surface area (Å²) >= 11 is 0. The zero-order valence-electron chi connectivity index (χ0n) is 18.1.